The maximum atomic E-state index is 10.7. The van der Waals surface area contributed by atoms with E-state index in [1.807, 2.05) is 24.3 Å². The van der Waals surface area contributed by atoms with Crippen molar-refractivity contribution in [2.75, 3.05) is 11.9 Å². The molecule has 0 amide bonds. The molecule has 1 aromatic carbocycles. The maximum Gasteiger partial charge on any atom is 0.308 e. The second-order valence-corrected chi connectivity index (χ2v) is 3.86. The lowest BCUT2D eigenvalue weighted by Gasteiger charge is -2.08. The quantitative estimate of drug-likeness (QED) is 0.838. The third-order valence-electron chi connectivity index (χ3n) is 2.46. The average molecular weight is 231 g/mol. The predicted molar refractivity (Wildman–Crippen MR) is 64.8 cm³/mol. The lowest BCUT2D eigenvalue weighted by atomic mass is 10.2. The fraction of sp³-hybridized carbons (Fsp3) is 0.250. The van der Waals surface area contributed by atoms with Crippen LogP contribution >= 0.6 is 0 Å². The van der Waals surface area contributed by atoms with Gasteiger partial charge in [0.25, 0.3) is 0 Å². The van der Waals surface area contributed by atoms with Crippen LogP contribution in [0.25, 0.3) is 11.0 Å². The Hall–Kier alpha value is -2.17. The van der Waals surface area contributed by atoms with Gasteiger partial charge in [0.1, 0.15) is 5.82 Å². The van der Waals surface area contributed by atoms with E-state index in [0.29, 0.717) is 12.4 Å². The lowest BCUT2D eigenvalue weighted by Crippen LogP contribution is -2.20. The zero-order valence-electron chi connectivity index (χ0n) is 9.42. The molecule has 0 fully saturated rings. The summed E-state index contributed by atoms with van der Waals surface area (Å²) >= 11 is 0. The molecule has 5 heteroatoms. The van der Waals surface area contributed by atoms with Crippen molar-refractivity contribution in [3.05, 3.63) is 30.5 Å². The van der Waals surface area contributed by atoms with Crippen molar-refractivity contribution < 1.29 is 9.90 Å². The number of hydrogen-bond acceptors (Lipinski definition) is 4. The van der Waals surface area contributed by atoms with Crippen LogP contribution in [0.1, 0.15) is 6.92 Å². The summed E-state index contributed by atoms with van der Waals surface area (Å²) in [6.45, 7) is 1.98. The molecule has 0 radical (unpaired) electrons. The molecule has 1 heterocycles. The number of benzene rings is 1. The van der Waals surface area contributed by atoms with E-state index in [2.05, 4.69) is 15.3 Å². The topological polar surface area (TPSA) is 75.1 Å². The van der Waals surface area contributed by atoms with Crippen molar-refractivity contribution in [2.24, 2.45) is 5.92 Å². The summed E-state index contributed by atoms with van der Waals surface area (Å²) in [5, 5.41) is 11.7. The molecule has 88 valence electrons. The Balaban J connectivity index is 2.12. The second kappa shape index (κ2) is 4.78. The van der Waals surface area contributed by atoms with Crippen LogP contribution in [0, 0.1) is 5.92 Å². The third-order valence-corrected chi connectivity index (χ3v) is 2.46. The van der Waals surface area contributed by atoms with Crippen molar-refractivity contribution in [2.45, 2.75) is 6.92 Å². The Morgan fingerprint density at radius 2 is 2.12 bits per heavy atom. The molecule has 1 aromatic heterocycles. The molecule has 5 nitrogen and oxygen atoms in total. The minimum atomic E-state index is -0.828. The van der Waals surface area contributed by atoms with Crippen LogP contribution in [0.15, 0.2) is 30.5 Å². The fourth-order valence-electron chi connectivity index (χ4n) is 1.39. The first kappa shape index (κ1) is 11.3. The fourth-order valence-corrected chi connectivity index (χ4v) is 1.39. The predicted octanol–water partition coefficient (Wildman–Crippen LogP) is 1.76. The number of carboxylic acid groups (broad SMARTS) is 1. The summed E-state index contributed by atoms with van der Waals surface area (Å²) in [6.07, 6.45) is 1.61. The Kier molecular flexibility index (Phi) is 3.18. The molecule has 0 bridgehead atoms. The highest BCUT2D eigenvalue weighted by molar-refractivity contribution is 5.75. The third kappa shape index (κ3) is 2.69. The van der Waals surface area contributed by atoms with E-state index in [1.54, 1.807) is 13.1 Å². The zero-order valence-corrected chi connectivity index (χ0v) is 9.42. The number of aromatic nitrogens is 2. The Morgan fingerprint density at radius 3 is 2.82 bits per heavy atom. The van der Waals surface area contributed by atoms with Crippen LogP contribution in [-0.4, -0.2) is 27.6 Å². The summed E-state index contributed by atoms with van der Waals surface area (Å²) in [6, 6.07) is 7.54. The molecule has 2 rings (SSSR count). The first-order valence-electron chi connectivity index (χ1n) is 5.35. The second-order valence-electron chi connectivity index (χ2n) is 3.86. The molecule has 1 unspecified atom stereocenters. The zero-order chi connectivity index (χ0) is 12.3. The van der Waals surface area contributed by atoms with Gasteiger partial charge in [-0.15, -0.1) is 0 Å². The number of carbonyl (C=O) groups is 1. The number of rotatable bonds is 4. The summed E-state index contributed by atoms with van der Waals surface area (Å²) in [4.78, 5) is 19.2. The van der Waals surface area contributed by atoms with Crippen LogP contribution in [0.2, 0.25) is 0 Å². The minimum absolute atomic E-state index is 0.336. The normalized spacial score (nSPS) is 12.3. The van der Waals surface area contributed by atoms with Crippen LogP contribution in [0.5, 0.6) is 0 Å². The van der Waals surface area contributed by atoms with Crippen LogP contribution in [0.3, 0.4) is 0 Å². The van der Waals surface area contributed by atoms with E-state index in [4.69, 9.17) is 5.11 Å². The number of hydrogen-bond donors (Lipinski definition) is 2. The molecule has 2 N–H and O–H groups in total. The highest BCUT2D eigenvalue weighted by Crippen LogP contribution is 2.11. The lowest BCUT2D eigenvalue weighted by molar-refractivity contribution is -0.140. The first-order valence-corrected chi connectivity index (χ1v) is 5.35. The maximum absolute atomic E-state index is 10.7. The largest absolute Gasteiger partial charge is 0.481 e. The number of anilines is 1. The molecule has 1 atom stereocenters. The summed E-state index contributed by atoms with van der Waals surface area (Å²) in [5.74, 6) is -0.689. The van der Waals surface area contributed by atoms with Gasteiger partial charge in [-0.25, -0.2) is 4.98 Å². The van der Waals surface area contributed by atoms with Gasteiger partial charge in [-0.1, -0.05) is 19.1 Å². The monoisotopic (exact) mass is 231 g/mol. The number of nitrogens with zero attached hydrogens (tertiary/aromatic N) is 2. The van der Waals surface area contributed by atoms with E-state index >= 15 is 0 Å². The highest BCUT2D eigenvalue weighted by Gasteiger charge is 2.10. The molecule has 0 saturated heterocycles. The van der Waals surface area contributed by atoms with E-state index < -0.39 is 11.9 Å². The molecule has 2 aromatic rings. The molecule has 0 saturated carbocycles. The summed E-state index contributed by atoms with van der Waals surface area (Å²) in [5.41, 5.74) is 1.62. The molecule has 0 aliphatic rings. The van der Waals surface area contributed by atoms with Crippen molar-refractivity contribution in [1.82, 2.24) is 9.97 Å². The number of fused-ring (bicyclic) bond motifs is 1. The van der Waals surface area contributed by atoms with Gasteiger partial charge in [0.2, 0.25) is 0 Å². The molecule has 0 aliphatic carbocycles. The number of carboxylic acids is 1. The SMILES string of the molecule is CC(CNc1cnc2ccccc2n1)C(=O)O. The molecule has 0 spiro atoms. The van der Waals surface area contributed by atoms with E-state index in [9.17, 15) is 4.79 Å². The highest BCUT2D eigenvalue weighted by atomic mass is 16.4. The van der Waals surface area contributed by atoms with Crippen molar-refractivity contribution in [3.63, 3.8) is 0 Å². The Morgan fingerprint density at radius 1 is 1.41 bits per heavy atom. The smallest absolute Gasteiger partial charge is 0.308 e. The Labute approximate surface area is 98.5 Å². The van der Waals surface area contributed by atoms with Crippen LogP contribution < -0.4 is 5.32 Å². The number of nitrogens with one attached hydrogen (secondary N) is 1. The van der Waals surface area contributed by atoms with E-state index in [-0.39, 0.29) is 0 Å². The standard InChI is InChI=1S/C12H13N3O2/c1-8(12(16)17)6-14-11-7-13-9-4-2-3-5-10(9)15-11/h2-5,7-8H,6H2,1H3,(H,14,15)(H,16,17). The average Bonchev–Trinajstić information content (AvgIpc) is 2.35. The number of aliphatic carboxylic acids is 1. The van der Waals surface area contributed by atoms with Crippen LogP contribution in [-0.2, 0) is 4.79 Å². The van der Waals surface area contributed by atoms with Crippen LogP contribution in [0.4, 0.5) is 5.82 Å². The van der Waals surface area contributed by atoms with Gasteiger partial charge in [-0.05, 0) is 12.1 Å². The first-order chi connectivity index (χ1) is 8.16. The summed E-state index contributed by atoms with van der Waals surface area (Å²) in [7, 11) is 0. The minimum Gasteiger partial charge on any atom is -0.481 e. The van der Waals surface area contributed by atoms with E-state index in [1.165, 1.54) is 0 Å². The van der Waals surface area contributed by atoms with Crippen molar-refractivity contribution in [3.8, 4) is 0 Å². The molecular weight excluding hydrogens is 218 g/mol. The molecular formula is C12H13N3O2. The van der Waals surface area contributed by atoms with Crippen molar-refractivity contribution >= 4 is 22.8 Å². The van der Waals surface area contributed by atoms with Gasteiger partial charge in [0.15, 0.2) is 0 Å². The summed E-state index contributed by atoms with van der Waals surface area (Å²) < 4.78 is 0. The van der Waals surface area contributed by atoms with Gasteiger partial charge in [-0.2, -0.15) is 0 Å². The van der Waals surface area contributed by atoms with Gasteiger partial charge < -0.3 is 10.4 Å². The Bertz CT molecular complexity index is 542. The van der Waals surface area contributed by atoms with Gasteiger partial charge in [-0.3, -0.25) is 9.78 Å². The van der Waals surface area contributed by atoms with Crippen molar-refractivity contribution in [1.29, 1.82) is 0 Å². The van der Waals surface area contributed by atoms with Gasteiger partial charge in [0, 0.05) is 6.54 Å². The molecule has 0 aliphatic heterocycles. The number of para-hydroxylation sites is 2. The molecule has 17 heavy (non-hydrogen) atoms. The van der Waals surface area contributed by atoms with Gasteiger partial charge in [0.05, 0.1) is 23.1 Å². The van der Waals surface area contributed by atoms with E-state index in [0.717, 1.165) is 11.0 Å². The van der Waals surface area contributed by atoms with Gasteiger partial charge >= 0.3 is 5.97 Å².